The first-order chi connectivity index (χ1) is 4.83. The third-order valence-corrected chi connectivity index (χ3v) is 3.73. The number of halogens is 1. The number of carbonyl (C=O) groups is 3. The molecule has 0 unspecified atom stereocenters. The first kappa shape index (κ1) is 10.7. The van der Waals surface area contributed by atoms with E-state index in [1.807, 2.05) is 0 Å². The quantitative estimate of drug-likeness (QED) is 0.434. The van der Waals surface area contributed by atoms with Gasteiger partial charge in [0.05, 0.1) is 0 Å². The molecule has 0 fully saturated rings. The molecule has 11 heavy (non-hydrogen) atoms. The Hall–Kier alpha value is -0.260. The Balaban J connectivity index is 4.99. The van der Waals surface area contributed by atoms with Gasteiger partial charge in [-0.05, 0) is 20.8 Å². The van der Waals surface area contributed by atoms with Crippen molar-refractivity contribution in [3.8, 4) is 0 Å². The largest absolute Gasteiger partial charge is 0.297 e. The van der Waals surface area contributed by atoms with E-state index < -0.39 is 20.8 Å². The van der Waals surface area contributed by atoms with Crippen LogP contribution in [0.4, 0.5) is 0 Å². The number of rotatable bonds is 3. The van der Waals surface area contributed by atoms with Crippen LogP contribution < -0.4 is 0 Å². The molecule has 0 bridgehead atoms. The van der Waals surface area contributed by atoms with E-state index in [4.69, 9.17) is 0 Å². The molecule has 0 aromatic rings. The van der Waals surface area contributed by atoms with Gasteiger partial charge in [-0.2, -0.15) is 0 Å². The predicted octanol–water partition coefficient (Wildman–Crippen LogP) is 0.927. The zero-order valence-electron chi connectivity index (χ0n) is 6.60. The molecule has 3 nitrogen and oxygen atoms in total. The Kier molecular flexibility index (Phi) is 3.34. The number of alkyl halides is 1. The Morgan fingerprint density at radius 1 is 0.909 bits per heavy atom. The van der Waals surface area contributed by atoms with Gasteiger partial charge in [0.1, 0.15) is 0 Å². The van der Waals surface area contributed by atoms with E-state index >= 15 is 0 Å². The molecule has 0 radical (unpaired) electrons. The van der Waals surface area contributed by atoms with Crippen molar-refractivity contribution in [2.45, 2.75) is 24.2 Å². The third-order valence-electron chi connectivity index (χ3n) is 1.46. The van der Waals surface area contributed by atoms with Gasteiger partial charge in [0.25, 0.3) is 0 Å². The van der Waals surface area contributed by atoms with Crippen LogP contribution in [0, 0.1) is 0 Å². The lowest BCUT2D eigenvalue weighted by Crippen LogP contribution is -2.44. The van der Waals surface area contributed by atoms with Crippen LogP contribution >= 0.6 is 22.6 Å². The summed E-state index contributed by atoms with van der Waals surface area (Å²) in [6, 6.07) is 0. The van der Waals surface area contributed by atoms with E-state index in [2.05, 4.69) is 0 Å². The van der Waals surface area contributed by atoms with E-state index in [0.717, 1.165) is 0 Å². The first-order valence-electron chi connectivity index (χ1n) is 3.05. The monoisotopic (exact) mass is 268 g/mol. The van der Waals surface area contributed by atoms with E-state index in [1.165, 1.54) is 20.8 Å². The topological polar surface area (TPSA) is 51.2 Å². The molecular formula is C7H9IO3. The highest BCUT2D eigenvalue weighted by atomic mass is 127. The van der Waals surface area contributed by atoms with E-state index in [9.17, 15) is 14.4 Å². The van der Waals surface area contributed by atoms with Crippen molar-refractivity contribution in [2.24, 2.45) is 0 Å². The second kappa shape index (κ2) is 3.42. The lowest BCUT2D eigenvalue weighted by atomic mass is 9.97. The van der Waals surface area contributed by atoms with Gasteiger partial charge >= 0.3 is 0 Å². The molecule has 0 spiro atoms. The van der Waals surface area contributed by atoms with Gasteiger partial charge in [-0.15, -0.1) is 0 Å². The summed E-state index contributed by atoms with van der Waals surface area (Å²) in [5.41, 5.74) is 0. The lowest BCUT2D eigenvalue weighted by Gasteiger charge is -2.16. The summed E-state index contributed by atoms with van der Waals surface area (Å²) in [6.07, 6.45) is 0. The minimum atomic E-state index is -1.45. The molecule has 0 rings (SSSR count). The van der Waals surface area contributed by atoms with Gasteiger partial charge in [-0.1, -0.05) is 22.6 Å². The van der Waals surface area contributed by atoms with Crippen LogP contribution in [-0.2, 0) is 14.4 Å². The zero-order chi connectivity index (χ0) is 9.23. The average molecular weight is 268 g/mol. The highest BCUT2D eigenvalue weighted by Crippen LogP contribution is 2.22. The summed E-state index contributed by atoms with van der Waals surface area (Å²) in [5, 5.41) is 0. The van der Waals surface area contributed by atoms with Crippen LogP contribution in [0.3, 0.4) is 0 Å². The molecule has 0 aliphatic carbocycles. The maximum absolute atomic E-state index is 10.9. The first-order valence-corrected chi connectivity index (χ1v) is 4.13. The number of Topliss-reactive ketones (excluding diaryl/α,β-unsaturated/α-hetero) is 3. The fourth-order valence-corrected chi connectivity index (χ4v) is 0.744. The Labute approximate surface area is 78.7 Å². The van der Waals surface area contributed by atoms with E-state index in [-0.39, 0.29) is 0 Å². The standard InChI is InChI=1S/C7H9IO3/c1-4(9)7(8,5(2)10)6(3)11/h1-3H3. The summed E-state index contributed by atoms with van der Waals surface area (Å²) in [4.78, 5) is 32.7. The number of ketones is 3. The van der Waals surface area contributed by atoms with Crippen molar-refractivity contribution in [1.29, 1.82) is 0 Å². The molecule has 62 valence electrons. The predicted molar refractivity (Wildman–Crippen MR) is 48.8 cm³/mol. The van der Waals surface area contributed by atoms with Crippen molar-refractivity contribution in [3.63, 3.8) is 0 Å². The van der Waals surface area contributed by atoms with Crippen molar-refractivity contribution < 1.29 is 14.4 Å². The van der Waals surface area contributed by atoms with Gasteiger partial charge in [0, 0.05) is 0 Å². The maximum atomic E-state index is 10.9. The van der Waals surface area contributed by atoms with Crippen LogP contribution in [0.5, 0.6) is 0 Å². The summed E-state index contributed by atoms with van der Waals surface area (Å²) in [5.74, 6) is -1.21. The van der Waals surface area contributed by atoms with Gasteiger partial charge in [-0.3, -0.25) is 14.4 Å². The molecule has 0 aliphatic rings. The molecule has 0 saturated carbocycles. The molecule has 0 amide bonds. The van der Waals surface area contributed by atoms with E-state index in [1.54, 1.807) is 22.6 Å². The second-order valence-electron chi connectivity index (χ2n) is 2.33. The number of carbonyl (C=O) groups excluding carboxylic acids is 3. The summed E-state index contributed by atoms with van der Waals surface area (Å²) in [6.45, 7) is 3.74. The van der Waals surface area contributed by atoms with Crippen LogP contribution in [0.15, 0.2) is 0 Å². The summed E-state index contributed by atoms with van der Waals surface area (Å²) in [7, 11) is 0. The fraction of sp³-hybridized carbons (Fsp3) is 0.571. The van der Waals surface area contributed by atoms with Crippen molar-refractivity contribution in [3.05, 3.63) is 0 Å². The van der Waals surface area contributed by atoms with Gasteiger partial charge in [-0.25, -0.2) is 0 Å². The third kappa shape index (κ3) is 1.85. The molecule has 0 aliphatic heterocycles. The number of hydrogen-bond donors (Lipinski definition) is 0. The molecule has 0 saturated heterocycles. The Morgan fingerprint density at radius 3 is 1.09 bits per heavy atom. The van der Waals surface area contributed by atoms with Gasteiger partial charge in [0.15, 0.2) is 20.8 Å². The highest BCUT2D eigenvalue weighted by molar-refractivity contribution is 14.1. The lowest BCUT2D eigenvalue weighted by molar-refractivity contribution is -0.133. The normalized spacial score (nSPS) is 10.9. The van der Waals surface area contributed by atoms with Crippen LogP contribution in [-0.4, -0.2) is 20.8 Å². The molecule has 0 aromatic carbocycles. The second-order valence-corrected chi connectivity index (χ2v) is 3.95. The molecular weight excluding hydrogens is 259 g/mol. The summed E-state index contributed by atoms with van der Waals surface area (Å²) < 4.78 is -1.45. The number of hydrogen-bond acceptors (Lipinski definition) is 3. The molecule has 0 heterocycles. The van der Waals surface area contributed by atoms with Crippen LogP contribution in [0.25, 0.3) is 0 Å². The SMILES string of the molecule is CC(=O)C(I)(C(C)=O)C(C)=O. The minimum absolute atomic E-state index is 0.405. The summed E-state index contributed by atoms with van der Waals surface area (Å²) >= 11 is 1.60. The zero-order valence-corrected chi connectivity index (χ0v) is 8.76. The van der Waals surface area contributed by atoms with Crippen LogP contribution in [0.1, 0.15) is 20.8 Å². The van der Waals surface area contributed by atoms with Gasteiger partial charge in [0.2, 0.25) is 0 Å². The Morgan fingerprint density at radius 2 is 1.09 bits per heavy atom. The molecule has 0 N–H and O–H groups in total. The van der Waals surface area contributed by atoms with Crippen molar-refractivity contribution >= 4 is 39.9 Å². The van der Waals surface area contributed by atoms with E-state index in [0.29, 0.717) is 0 Å². The Bertz CT molecular complexity index is 184. The smallest absolute Gasteiger partial charge is 0.195 e. The minimum Gasteiger partial charge on any atom is -0.297 e. The van der Waals surface area contributed by atoms with Crippen LogP contribution in [0.2, 0.25) is 0 Å². The highest BCUT2D eigenvalue weighted by Gasteiger charge is 2.42. The van der Waals surface area contributed by atoms with Gasteiger partial charge < -0.3 is 0 Å². The average Bonchev–Trinajstić information content (AvgIpc) is 1.84. The fourth-order valence-electron chi connectivity index (χ4n) is 0.744. The van der Waals surface area contributed by atoms with Crippen molar-refractivity contribution in [2.75, 3.05) is 0 Å². The maximum Gasteiger partial charge on any atom is 0.195 e. The van der Waals surface area contributed by atoms with Crippen molar-refractivity contribution in [1.82, 2.24) is 0 Å². The molecule has 0 atom stereocenters. The molecule has 4 heteroatoms. The molecule has 0 aromatic heterocycles.